The highest BCUT2D eigenvalue weighted by Gasteiger charge is 2.21. The Morgan fingerprint density at radius 3 is 2.11 bits per heavy atom. The second-order valence-electron chi connectivity index (χ2n) is 9.20. The van der Waals surface area contributed by atoms with E-state index in [1.807, 2.05) is 0 Å². The van der Waals surface area contributed by atoms with Crippen LogP contribution in [0.3, 0.4) is 0 Å². The lowest BCUT2D eigenvalue weighted by atomic mass is 10.0. The van der Waals surface area contributed by atoms with E-state index < -0.39 is 0 Å². The summed E-state index contributed by atoms with van der Waals surface area (Å²) >= 11 is 0. The number of hydrogen-bond acceptors (Lipinski definition) is 10. The Bertz CT molecular complexity index is 1070. The van der Waals surface area contributed by atoms with Gasteiger partial charge in [0, 0.05) is 37.7 Å². The number of rotatable bonds is 9. The molecule has 11 nitrogen and oxygen atoms in total. The standard InChI is InChI=1S/C17H25NO4.C9H15N5O/c1-20-13-11-15(21-2)17(16(12-13)22-3)14(19)7-6-10-18-8-4-5-9-18;10-7-6-8(12-9(11)14(7)15)13-4-2-1-3-5-13/h11-12H,4-10H2,1-3H3;6,11,15H,1-5,10H2. The molecule has 0 bridgehead atoms. The quantitative estimate of drug-likeness (QED) is 0.339. The largest absolute Gasteiger partial charge is 0.496 e. The third-order valence-electron chi connectivity index (χ3n) is 6.69. The van der Waals surface area contributed by atoms with E-state index in [1.54, 1.807) is 39.5 Å². The normalized spacial score (nSPS) is 15.6. The fraction of sp³-hybridized carbons (Fsp3) is 0.577. The van der Waals surface area contributed by atoms with Gasteiger partial charge in [-0.15, -0.1) is 4.73 Å². The minimum Gasteiger partial charge on any atom is -0.496 e. The predicted octanol–water partition coefficient (Wildman–Crippen LogP) is 2.94. The maximum absolute atomic E-state index is 12.6. The maximum Gasteiger partial charge on any atom is 0.259 e. The lowest BCUT2D eigenvalue weighted by molar-refractivity contribution is 0.0970. The highest BCUT2D eigenvalue weighted by molar-refractivity contribution is 6.01. The molecule has 37 heavy (non-hydrogen) atoms. The first-order valence-electron chi connectivity index (χ1n) is 12.8. The topological polar surface area (TPSA) is 139 Å². The summed E-state index contributed by atoms with van der Waals surface area (Å²) in [6.45, 7) is 5.18. The van der Waals surface area contributed by atoms with Gasteiger partial charge >= 0.3 is 0 Å². The average molecular weight is 517 g/mol. The smallest absolute Gasteiger partial charge is 0.259 e. The number of ketones is 1. The number of carbonyl (C=O) groups excluding carboxylic acids is 1. The number of likely N-dealkylation sites (tertiary alicyclic amines) is 1. The monoisotopic (exact) mass is 516 g/mol. The van der Waals surface area contributed by atoms with Crippen molar-refractivity contribution >= 4 is 17.4 Å². The van der Waals surface area contributed by atoms with Crippen molar-refractivity contribution in [3.8, 4) is 17.2 Å². The van der Waals surface area contributed by atoms with Crippen molar-refractivity contribution in [3.05, 3.63) is 29.4 Å². The Kier molecular flexibility index (Phi) is 10.4. The van der Waals surface area contributed by atoms with Crippen LogP contribution < -0.4 is 30.5 Å². The van der Waals surface area contributed by atoms with E-state index in [1.165, 1.54) is 19.3 Å². The molecule has 0 saturated carbocycles. The van der Waals surface area contributed by atoms with Crippen LogP contribution in [0.2, 0.25) is 0 Å². The van der Waals surface area contributed by atoms with Crippen molar-refractivity contribution < 1.29 is 24.2 Å². The van der Waals surface area contributed by atoms with E-state index in [-0.39, 0.29) is 17.2 Å². The molecule has 0 unspecified atom stereocenters. The first-order valence-corrected chi connectivity index (χ1v) is 12.8. The number of nitrogens with zero attached hydrogens (tertiary/aromatic N) is 4. The van der Waals surface area contributed by atoms with Gasteiger partial charge in [0.1, 0.15) is 34.4 Å². The molecule has 2 aliphatic rings. The summed E-state index contributed by atoms with van der Waals surface area (Å²) in [5.41, 5.74) is 5.83. The molecule has 2 fully saturated rings. The van der Waals surface area contributed by atoms with Crippen LogP contribution in [0.4, 0.5) is 11.6 Å². The summed E-state index contributed by atoms with van der Waals surface area (Å²) in [5.74, 6) is 2.50. The highest BCUT2D eigenvalue weighted by atomic mass is 16.5. The van der Waals surface area contributed by atoms with Gasteiger partial charge in [-0.3, -0.25) is 10.2 Å². The van der Waals surface area contributed by atoms with E-state index in [4.69, 9.17) is 25.4 Å². The molecule has 0 radical (unpaired) electrons. The first kappa shape index (κ1) is 28.1. The van der Waals surface area contributed by atoms with Crippen LogP contribution in [0.15, 0.2) is 18.2 Å². The summed E-state index contributed by atoms with van der Waals surface area (Å²) in [6, 6.07) is 5.04. The number of benzene rings is 1. The number of Topliss-reactive ketones (excluding diaryl/α,β-unsaturated/α-hetero) is 1. The molecule has 11 heteroatoms. The third-order valence-corrected chi connectivity index (χ3v) is 6.69. The molecule has 1 aromatic carbocycles. The number of nitrogen functional groups attached to an aromatic ring is 1. The van der Waals surface area contributed by atoms with Gasteiger partial charge in [0.2, 0.25) is 0 Å². The lowest BCUT2D eigenvalue weighted by Crippen LogP contribution is -2.33. The predicted molar refractivity (Wildman–Crippen MR) is 141 cm³/mol. The second kappa shape index (κ2) is 13.7. The van der Waals surface area contributed by atoms with Crippen LogP contribution in [0.1, 0.15) is 55.3 Å². The van der Waals surface area contributed by atoms with Crippen LogP contribution in [0.5, 0.6) is 17.2 Å². The van der Waals surface area contributed by atoms with Gasteiger partial charge in [0.05, 0.1) is 21.3 Å². The lowest BCUT2D eigenvalue weighted by Gasteiger charge is -2.27. The van der Waals surface area contributed by atoms with Gasteiger partial charge in [-0.05, 0) is 58.2 Å². The SMILES string of the molecule is COc1cc(OC)c(C(=O)CCCN2CCCC2)c(OC)c1.N=c1nc(N2CCCCC2)cc(N)n1O. The molecule has 0 atom stereocenters. The Morgan fingerprint density at radius 1 is 0.973 bits per heavy atom. The van der Waals surface area contributed by atoms with Crippen molar-refractivity contribution in [2.45, 2.75) is 44.9 Å². The fourth-order valence-corrected chi connectivity index (χ4v) is 4.66. The Hall–Kier alpha value is -3.47. The highest BCUT2D eigenvalue weighted by Crippen LogP contribution is 2.35. The van der Waals surface area contributed by atoms with E-state index in [0.29, 0.717) is 39.8 Å². The molecule has 4 N–H and O–H groups in total. The number of carbonyl (C=O) groups is 1. The molecule has 204 valence electrons. The number of anilines is 2. The molecule has 0 aliphatic carbocycles. The van der Waals surface area contributed by atoms with Crippen LogP contribution in [-0.4, -0.2) is 79.7 Å². The van der Waals surface area contributed by atoms with E-state index in [0.717, 1.165) is 52.0 Å². The summed E-state index contributed by atoms with van der Waals surface area (Å²) in [7, 11) is 4.68. The van der Waals surface area contributed by atoms with Gasteiger partial charge in [-0.1, -0.05) is 0 Å². The van der Waals surface area contributed by atoms with E-state index >= 15 is 0 Å². The summed E-state index contributed by atoms with van der Waals surface area (Å²) < 4.78 is 16.5. The molecule has 2 saturated heterocycles. The van der Waals surface area contributed by atoms with Crippen LogP contribution in [0.25, 0.3) is 0 Å². The molecule has 0 amide bonds. The average Bonchev–Trinajstić information content (AvgIpc) is 3.45. The molecule has 0 spiro atoms. The van der Waals surface area contributed by atoms with E-state index in [2.05, 4.69) is 14.8 Å². The fourth-order valence-electron chi connectivity index (χ4n) is 4.66. The van der Waals surface area contributed by atoms with Gasteiger partial charge < -0.3 is 35.0 Å². The molecule has 2 aromatic rings. The summed E-state index contributed by atoms with van der Waals surface area (Å²) in [4.78, 5) is 21.0. The minimum absolute atomic E-state index is 0.0514. The summed E-state index contributed by atoms with van der Waals surface area (Å²) in [5, 5.41) is 16.7. The molecule has 2 aliphatic heterocycles. The number of piperidine rings is 1. The van der Waals surface area contributed by atoms with Gasteiger partial charge in [-0.25, -0.2) is 0 Å². The van der Waals surface area contributed by atoms with Gasteiger partial charge in [0.25, 0.3) is 5.62 Å². The number of aromatic nitrogens is 2. The molecular weight excluding hydrogens is 476 g/mol. The summed E-state index contributed by atoms with van der Waals surface area (Å²) in [6.07, 6.45) is 7.42. The molecule has 3 heterocycles. The zero-order chi connectivity index (χ0) is 26.8. The van der Waals surface area contributed by atoms with Gasteiger partial charge in [0.15, 0.2) is 5.78 Å². The van der Waals surface area contributed by atoms with Crippen molar-refractivity contribution in [1.82, 2.24) is 14.6 Å². The number of nitrogens with one attached hydrogen (secondary N) is 1. The molecular formula is C26H40N6O5. The second-order valence-corrected chi connectivity index (χ2v) is 9.20. The number of ether oxygens (including phenoxy) is 3. The Labute approximate surface area is 218 Å². The van der Waals surface area contributed by atoms with Crippen LogP contribution >= 0.6 is 0 Å². The maximum atomic E-state index is 12.6. The number of nitrogens with two attached hydrogens (primary N) is 1. The van der Waals surface area contributed by atoms with Crippen LogP contribution in [0, 0.1) is 5.41 Å². The molecule has 1 aromatic heterocycles. The zero-order valence-electron chi connectivity index (χ0n) is 22.2. The van der Waals surface area contributed by atoms with Crippen molar-refractivity contribution in [3.63, 3.8) is 0 Å². The Morgan fingerprint density at radius 2 is 1.57 bits per heavy atom. The molecule has 4 rings (SSSR count). The van der Waals surface area contributed by atoms with Crippen molar-refractivity contribution in [2.24, 2.45) is 0 Å². The minimum atomic E-state index is -0.226. The number of methoxy groups -OCH3 is 3. The Balaban J connectivity index is 0.000000220. The van der Waals surface area contributed by atoms with E-state index in [9.17, 15) is 10.0 Å². The van der Waals surface area contributed by atoms with Gasteiger partial charge in [-0.2, -0.15) is 4.98 Å². The first-order chi connectivity index (χ1) is 17.9. The zero-order valence-corrected chi connectivity index (χ0v) is 22.2. The van der Waals surface area contributed by atoms with Crippen molar-refractivity contribution in [2.75, 3.05) is 64.7 Å². The third kappa shape index (κ3) is 7.51. The van der Waals surface area contributed by atoms with Crippen LogP contribution in [-0.2, 0) is 0 Å². The number of hydrogen-bond donors (Lipinski definition) is 3. The van der Waals surface area contributed by atoms with Crippen molar-refractivity contribution in [1.29, 1.82) is 5.41 Å².